The van der Waals surface area contributed by atoms with Crippen molar-refractivity contribution >= 4 is 11.7 Å². The van der Waals surface area contributed by atoms with Gasteiger partial charge in [0.15, 0.2) is 0 Å². The zero-order chi connectivity index (χ0) is 11.4. The minimum absolute atomic E-state index is 0.0141. The molecule has 2 N–H and O–H groups in total. The summed E-state index contributed by atoms with van der Waals surface area (Å²) in [7, 11) is 2.96. The Labute approximate surface area is 88.8 Å². The van der Waals surface area contributed by atoms with E-state index in [-0.39, 0.29) is 6.10 Å². The molecule has 84 valence electrons. The van der Waals surface area contributed by atoms with Crippen LogP contribution in [0.4, 0.5) is 5.69 Å². The Kier molecular flexibility index (Phi) is 3.74. The SMILES string of the molecule is COC(=O)c1cc(N)cn1CC(C)OC. The highest BCUT2D eigenvalue weighted by atomic mass is 16.5. The van der Waals surface area contributed by atoms with Gasteiger partial charge in [0, 0.05) is 19.9 Å². The van der Waals surface area contributed by atoms with Gasteiger partial charge in [-0.25, -0.2) is 4.79 Å². The predicted octanol–water partition coefficient (Wildman–Crippen LogP) is 0.892. The zero-order valence-corrected chi connectivity index (χ0v) is 9.19. The van der Waals surface area contributed by atoms with E-state index in [1.165, 1.54) is 7.11 Å². The van der Waals surface area contributed by atoms with Gasteiger partial charge in [0.2, 0.25) is 0 Å². The molecule has 1 atom stereocenters. The van der Waals surface area contributed by atoms with Crippen molar-refractivity contribution in [3.8, 4) is 0 Å². The molecule has 1 aromatic heterocycles. The molecule has 5 nitrogen and oxygen atoms in total. The molecule has 0 fully saturated rings. The maximum atomic E-state index is 11.4. The van der Waals surface area contributed by atoms with E-state index in [1.54, 1.807) is 23.9 Å². The van der Waals surface area contributed by atoms with E-state index >= 15 is 0 Å². The van der Waals surface area contributed by atoms with Gasteiger partial charge in [0.25, 0.3) is 0 Å². The lowest BCUT2D eigenvalue weighted by atomic mass is 10.3. The number of hydrogen-bond acceptors (Lipinski definition) is 4. The topological polar surface area (TPSA) is 66.5 Å². The van der Waals surface area contributed by atoms with Gasteiger partial charge in [-0.1, -0.05) is 0 Å². The lowest BCUT2D eigenvalue weighted by Crippen LogP contribution is -2.18. The lowest BCUT2D eigenvalue weighted by molar-refractivity contribution is 0.0578. The molecule has 0 saturated heterocycles. The summed E-state index contributed by atoms with van der Waals surface area (Å²) in [5, 5.41) is 0. The first kappa shape index (κ1) is 11.6. The van der Waals surface area contributed by atoms with E-state index in [4.69, 9.17) is 10.5 Å². The monoisotopic (exact) mass is 212 g/mol. The second kappa shape index (κ2) is 4.84. The molecule has 5 heteroatoms. The first-order valence-electron chi connectivity index (χ1n) is 4.65. The summed E-state index contributed by atoms with van der Waals surface area (Å²) in [6.07, 6.45) is 1.71. The summed E-state index contributed by atoms with van der Waals surface area (Å²) in [5.74, 6) is -0.394. The zero-order valence-electron chi connectivity index (χ0n) is 9.19. The highest BCUT2D eigenvalue weighted by molar-refractivity contribution is 5.88. The highest BCUT2D eigenvalue weighted by Gasteiger charge is 2.14. The molecule has 1 unspecified atom stereocenters. The standard InChI is InChI=1S/C10H16N2O3/c1-7(14-2)5-12-6-8(11)4-9(12)10(13)15-3/h4,6-7H,5,11H2,1-3H3. The fraction of sp³-hybridized carbons (Fsp3) is 0.500. The van der Waals surface area contributed by atoms with Crippen LogP contribution in [0.25, 0.3) is 0 Å². The Morgan fingerprint density at radius 1 is 1.60 bits per heavy atom. The summed E-state index contributed by atoms with van der Waals surface area (Å²) in [5.41, 5.74) is 6.60. The van der Waals surface area contributed by atoms with Gasteiger partial charge in [-0.05, 0) is 13.0 Å². The van der Waals surface area contributed by atoms with E-state index in [1.807, 2.05) is 6.92 Å². The third-order valence-corrected chi connectivity index (χ3v) is 2.17. The maximum Gasteiger partial charge on any atom is 0.354 e. The third kappa shape index (κ3) is 2.73. The van der Waals surface area contributed by atoms with Crippen LogP contribution in [0.5, 0.6) is 0 Å². The molecule has 0 amide bonds. The first-order chi connectivity index (χ1) is 7.08. The smallest absolute Gasteiger partial charge is 0.354 e. The summed E-state index contributed by atoms with van der Waals surface area (Å²) in [6, 6.07) is 1.59. The van der Waals surface area contributed by atoms with Crippen LogP contribution >= 0.6 is 0 Å². The van der Waals surface area contributed by atoms with Gasteiger partial charge in [-0.3, -0.25) is 0 Å². The lowest BCUT2D eigenvalue weighted by Gasteiger charge is -2.12. The van der Waals surface area contributed by atoms with Crippen LogP contribution in [0.1, 0.15) is 17.4 Å². The number of ether oxygens (including phenoxy) is 2. The average Bonchev–Trinajstić information content (AvgIpc) is 2.58. The molecule has 0 radical (unpaired) electrons. The molecule has 0 aliphatic carbocycles. The second-order valence-corrected chi connectivity index (χ2v) is 3.35. The van der Waals surface area contributed by atoms with Crippen molar-refractivity contribution in [2.75, 3.05) is 20.0 Å². The summed E-state index contributed by atoms with van der Waals surface area (Å²) in [6.45, 7) is 2.48. The molecule has 15 heavy (non-hydrogen) atoms. The van der Waals surface area contributed by atoms with Crippen molar-refractivity contribution in [2.45, 2.75) is 19.6 Å². The fourth-order valence-corrected chi connectivity index (χ4v) is 1.31. The summed E-state index contributed by atoms with van der Waals surface area (Å²) in [4.78, 5) is 11.4. The van der Waals surface area contributed by atoms with Crippen LogP contribution < -0.4 is 5.73 Å². The maximum absolute atomic E-state index is 11.4. The number of methoxy groups -OCH3 is 2. The van der Waals surface area contributed by atoms with Gasteiger partial charge >= 0.3 is 5.97 Å². The first-order valence-corrected chi connectivity index (χ1v) is 4.65. The molecular weight excluding hydrogens is 196 g/mol. The number of carbonyl (C=O) groups excluding carboxylic acids is 1. The number of carbonyl (C=O) groups is 1. The van der Waals surface area contributed by atoms with Gasteiger partial charge in [0.05, 0.1) is 18.9 Å². The number of nitrogen functional groups attached to an aromatic ring is 1. The number of anilines is 1. The number of nitrogens with zero attached hydrogens (tertiary/aromatic N) is 1. The van der Waals surface area contributed by atoms with Gasteiger partial charge < -0.3 is 19.8 Å². The molecule has 0 aliphatic heterocycles. The van der Waals surface area contributed by atoms with E-state index < -0.39 is 5.97 Å². The summed E-state index contributed by atoms with van der Waals surface area (Å²) >= 11 is 0. The van der Waals surface area contributed by atoms with Crippen molar-refractivity contribution in [2.24, 2.45) is 0 Å². The van der Waals surface area contributed by atoms with Crippen molar-refractivity contribution in [3.05, 3.63) is 18.0 Å². The van der Waals surface area contributed by atoms with Crippen LogP contribution in [0.2, 0.25) is 0 Å². The number of hydrogen-bond donors (Lipinski definition) is 1. The minimum Gasteiger partial charge on any atom is -0.464 e. The highest BCUT2D eigenvalue weighted by Crippen LogP contribution is 2.12. The number of rotatable bonds is 4. The molecule has 1 rings (SSSR count). The van der Waals surface area contributed by atoms with Crippen LogP contribution in [0, 0.1) is 0 Å². The molecule has 1 aromatic rings. The van der Waals surface area contributed by atoms with Crippen LogP contribution in [0.15, 0.2) is 12.3 Å². The van der Waals surface area contributed by atoms with Crippen molar-refractivity contribution < 1.29 is 14.3 Å². The van der Waals surface area contributed by atoms with Crippen LogP contribution in [-0.2, 0) is 16.0 Å². The average molecular weight is 212 g/mol. The molecule has 0 aromatic carbocycles. The van der Waals surface area contributed by atoms with E-state index in [0.717, 1.165) is 0 Å². The largest absolute Gasteiger partial charge is 0.464 e. The van der Waals surface area contributed by atoms with Crippen molar-refractivity contribution in [1.82, 2.24) is 4.57 Å². The number of aromatic nitrogens is 1. The Bertz CT molecular complexity index is 346. The molecule has 0 saturated carbocycles. The molecule has 0 spiro atoms. The number of esters is 1. The molecule has 0 bridgehead atoms. The Balaban J connectivity index is 2.91. The third-order valence-electron chi connectivity index (χ3n) is 2.17. The van der Waals surface area contributed by atoms with Crippen molar-refractivity contribution in [3.63, 3.8) is 0 Å². The summed E-state index contributed by atoms with van der Waals surface area (Å²) < 4.78 is 11.5. The Hall–Kier alpha value is -1.49. The molecule has 1 heterocycles. The minimum atomic E-state index is -0.394. The van der Waals surface area contributed by atoms with Gasteiger partial charge in [0.1, 0.15) is 5.69 Å². The van der Waals surface area contributed by atoms with E-state index in [0.29, 0.717) is 17.9 Å². The molecular formula is C10H16N2O3. The normalized spacial score (nSPS) is 12.5. The van der Waals surface area contributed by atoms with Crippen LogP contribution in [0.3, 0.4) is 0 Å². The van der Waals surface area contributed by atoms with Gasteiger partial charge in [-0.2, -0.15) is 0 Å². The Morgan fingerprint density at radius 2 is 2.27 bits per heavy atom. The predicted molar refractivity (Wildman–Crippen MR) is 56.7 cm³/mol. The second-order valence-electron chi connectivity index (χ2n) is 3.35. The van der Waals surface area contributed by atoms with E-state index in [9.17, 15) is 4.79 Å². The van der Waals surface area contributed by atoms with E-state index in [2.05, 4.69) is 4.74 Å². The number of nitrogens with two attached hydrogens (primary N) is 1. The van der Waals surface area contributed by atoms with Crippen LogP contribution in [-0.4, -0.2) is 30.9 Å². The van der Waals surface area contributed by atoms with Crippen molar-refractivity contribution in [1.29, 1.82) is 0 Å². The quantitative estimate of drug-likeness (QED) is 0.753. The molecule has 0 aliphatic rings. The Morgan fingerprint density at radius 3 is 2.80 bits per heavy atom. The van der Waals surface area contributed by atoms with Gasteiger partial charge in [-0.15, -0.1) is 0 Å². The fourth-order valence-electron chi connectivity index (χ4n) is 1.31.